The molecule has 2 aromatic carbocycles. The van der Waals surface area contributed by atoms with Crippen molar-refractivity contribution in [3.63, 3.8) is 0 Å². The molecule has 0 atom stereocenters. The van der Waals surface area contributed by atoms with Crippen molar-refractivity contribution in [2.24, 2.45) is 0 Å². The molecule has 0 saturated heterocycles. The first-order valence-corrected chi connectivity index (χ1v) is 7.63. The van der Waals surface area contributed by atoms with Crippen molar-refractivity contribution in [2.75, 3.05) is 17.7 Å². The van der Waals surface area contributed by atoms with Gasteiger partial charge in [-0.1, -0.05) is 34.1 Å². The zero-order valence-electron chi connectivity index (χ0n) is 12.4. The number of esters is 1. The first-order valence-electron chi connectivity index (χ1n) is 6.84. The summed E-state index contributed by atoms with van der Waals surface area (Å²) in [5.41, 5.74) is 6.56. The van der Waals surface area contributed by atoms with Crippen LogP contribution in [0.4, 0.5) is 16.2 Å². The number of nitrogen functional groups attached to an aromatic ring is 1. The predicted octanol–water partition coefficient (Wildman–Crippen LogP) is 2.54. The Morgan fingerprint density at radius 2 is 1.79 bits per heavy atom. The third-order valence-corrected chi connectivity index (χ3v) is 3.35. The van der Waals surface area contributed by atoms with Gasteiger partial charge in [0.1, 0.15) is 0 Å². The van der Waals surface area contributed by atoms with Gasteiger partial charge in [-0.05, 0) is 30.3 Å². The SMILES string of the molecule is Nc1ccc(Br)cc1C(=O)OCC(=O)NC(=O)Nc1ccccc1. The summed E-state index contributed by atoms with van der Waals surface area (Å²) in [6, 6.07) is 12.6. The van der Waals surface area contributed by atoms with Crippen molar-refractivity contribution in [2.45, 2.75) is 0 Å². The summed E-state index contributed by atoms with van der Waals surface area (Å²) < 4.78 is 5.49. The summed E-state index contributed by atoms with van der Waals surface area (Å²) >= 11 is 3.21. The summed E-state index contributed by atoms with van der Waals surface area (Å²) in [6.45, 7) is -0.604. The molecule has 8 heteroatoms. The van der Waals surface area contributed by atoms with Gasteiger partial charge in [-0.2, -0.15) is 0 Å². The summed E-state index contributed by atoms with van der Waals surface area (Å²) in [5.74, 6) is -1.52. The standard InChI is InChI=1S/C16H14BrN3O4/c17-10-6-7-13(18)12(8-10)15(22)24-9-14(21)20-16(23)19-11-4-2-1-3-5-11/h1-8H,9,18H2,(H2,19,20,21,23). The van der Waals surface area contributed by atoms with Crippen LogP contribution in [0.5, 0.6) is 0 Å². The highest BCUT2D eigenvalue weighted by Crippen LogP contribution is 2.19. The number of nitrogens with one attached hydrogen (secondary N) is 2. The minimum atomic E-state index is -0.759. The molecule has 2 rings (SSSR count). The number of benzene rings is 2. The lowest BCUT2D eigenvalue weighted by atomic mass is 10.2. The minimum Gasteiger partial charge on any atom is -0.452 e. The van der Waals surface area contributed by atoms with E-state index in [-0.39, 0.29) is 11.3 Å². The summed E-state index contributed by atoms with van der Waals surface area (Å²) in [4.78, 5) is 35.2. The molecule has 0 heterocycles. The van der Waals surface area contributed by atoms with Gasteiger partial charge >= 0.3 is 12.0 Å². The zero-order chi connectivity index (χ0) is 17.5. The van der Waals surface area contributed by atoms with Gasteiger partial charge in [0.25, 0.3) is 5.91 Å². The topological polar surface area (TPSA) is 111 Å². The van der Waals surface area contributed by atoms with Crippen LogP contribution in [0.15, 0.2) is 53.0 Å². The minimum absolute atomic E-state index is 0.130. The highest BCUT2D eigenvalue weighted by atomic mass is 79.9. The fourth-order valence-corrected chi connectivity index (χ4v) is 2.12. The Labute approximate surface area is 146 Å². The van der Waals surface area contributed by atoms with Crippen LogP contribution in [0.25, 0.3) is 0 Å². The number of hydrogen-bond donors (Lipinski definition) is 3. The van der Waals surface area contributed by atoms with Crippen molar-refractivity contribution in [1.82, 2.24) is 5.32 Å². The van der Waals surface area contributed by atoms with Crippen LogP contribution in [0.3, 0.4) is 0 Å². The molecule has 3 amide bonds. The number of para-hydroxylation sites is 1. The molecule has 0 aliphatic rings. The van der Waals surface area contributed by atoms with Crippen LogP contribution in [-0.4, -0.2) is 24.5 Å². The van der Waals surface area contributed by atoms with E-state index in [0.29, 0.717) is 10.2 Å². The van der Waals surface area contributed by atoms with E-state index in [9.17, 15) is 14.4 Å². The number of carbonyl (C=O) groups excluding carboxylic acids is 3. The summed E-state index contributed by atoms with van der Waals surface area (Å²) in [5, 5.41) is 4.53. The fourth-order valence-electron chi connectivity index (χ4n) is 1.76. The number of anilines is 2. The van der Waals surface area contributed by atoms with E-state index in [4.69, 9.17) is 10.5 Å². The zero-order valence-corrected chi connectivity index (χ0v) is 14.0. The monoisotopic (exact) mass is 391 g/mol. The van der Waals surface area contributed by atoms with E-state index in [1.54, 1.807) is 36.4 Å². The second-order valence-corrected chi connectivity index (χ2v) is 5.59. The largest absolute Gasteiger partial charge is 0.452 e. The molecule has 0 bridgehead atoms. The Kier molecular flexibility index (Phi) is 5.91. The number of hydrogen-bond acceptors (Lipinski definition) is 5. The van der Waals surface area contributed by atoms with Crippen LogP contribution in [0.1, 0.15) is 10.4 Å². The Morgan fingerprint density at radius 3 is 2.50 bits per heavy atom. The van der Waals surface area contributed by atoms with Crippen molar-refractivity contribution in [1.29, 1.82) is 0 Å². The molecule has 2 aromatic rings. The number of halogens is 1. The van der Waals surface area contributed by atoms with Crippen molar-refractivity contribution in [3.8, 4) is 0 Å². The first-order chi connectivity index (χ1) is 11.5. The molecule has 4 N–H and O–H groups in total. The average molecular weight is 392 g/mol. The third-order valence-electron chi connectivity index (χ3n) is 2.85. The van der Waals surface area contributed by atoms with Crippen LogP contribution in [0.2, 0.25) is 0 Å². The van der Waals surface area contributed by atoms with Crippen LogP contribution >= 0.6 is 15.9 Å². The predicted molar refractivity (Wildman–Crippen MR) is 92.4 cm³/mol. The third kappa shape index (κ3) is 5.10. The molecule has 0 saturated carbocycles. The smallest absolute Gasteiger partial charge is 0.340 e. The van der Waals surface area contributed by atoms with Gasteiger partial charge in [0, 0.05) is 15.8 Å². The van der Waals surface area contributed by atoms with Gasteiger partial charge in [-0.25, -0.2) is 9.59 Å². The van der Waals surface area contributed by atoms with E-state index in [2.05, 4.69) is 26.6 Å². The molecule has 0 unspecified atom stereocenters. The normalized spacial score (nSPS) is 9.88. The molecule has 0 fully saturated rings. The molecule has 0 radical (unpaired) electrons. The quantitative estimate of drug-likeness (QED) is 0.547. The average Bonchev–Trinajstić information content (AvgIpc) is 2.55. The van der Waals surface area contributed by atoms with Gasteiger partial charge in [-0.3, -0.25) is 10.1 Å². The van der Waals surface area contributed by atoms with E-state index in [1.165, 1.54) is 12.1 Å². The van der Waals surface area contributed by atoms with Crippen molar-refractivity contribution < 1.29 is 19.1 Å². The molecular formula is C16H14BrN3O4. The lowest BCUT2D eigenvalue weighted by Gasteiger charge is -2.08. The van der Waals surface area contributed by atoms with Gasteiger partial charge in [0.2, 0.25) is 0 Å². The van der Waals surface area contributed by atoms with Crippen LogP contribution < -0.4 is 16.4 Å². The lowest BCUT2D eigenvalue weighted by Crippen LogP contribution is -2.37. The number of ether oxygens (including phenoxy) is 1. The Hall–Kier alpha value is -2.87. The van der Waals surface area contributed by atoms with Gasteiger partial charge in [-0.15, -0.1) is 0 Å². The first kappa shape index (κ1) is 17.5. The van der Waals surface area contributed by atoms with Crippen molar-refractivity contribution >= 4 is 45.2 Å². The number of nitrogens with two attached hydrogens (primary N) is 1. The van der Waals surface area contributed by atoms with Gasteiger partial charge in [0.15, 0.2) is 6.61 Å². The molecule has 0 aliphatic heterocycles. The Morgan fingerprint density at radius 1 is 1.08 bits per heavy atom. The van der Waals surface area contributed by atoms with Gasteiger partial charge < -0.3 is 15.8 Å². The van der Waals surface area contributed by atoms with E-state index in [1.807, 2.05) is 0 Å². The lowest BCUT2D eigenvalue weighted by molar-refractivity contribution is -0.123. The molecule has 0 aliphatic carbocycles. The van der Waals surface area contributed by atoms with E-state index < -0.39 is 24.5 Å². The highest BCUT2D eigenvalue weighted by Gasteiger charge is 2.15. The molecule has 0 aromatic heterocycles. The van der Waals surface area contributed by atoms with Gasteiger partial charge in [0.05, 0.1) is 5.56 Å². The summed E-state index contributed by atoms with van der Waals surface area (Å²) in [6.07, 6.45) is 0. The molecule has 7 nitrogen and oxygen atoms in total. The number of imide groups is 1. The second-order valence-electron chi connectivity index (χ2n) is 4.68. The van der Waals surface area contributed by atoms with Crippen molar-refractivity contribution in [3.05, 3.63) is 58.6 Å². The highest BCUT2D eigenvalue weighted by molar-refractivity contribution is 9.10. The maximum absolute atomic E-state index is 11.9. The Bertz CT molecular complexity index is 765. The number of rotatable bonds is 4. The van der Waals surface area contributed by atoms with E-state index in [0.717, 1.165) is 0 Å². The molecule has 24 heavy (non-hydrogen) atoms. The number of urea groups is 1. The Balaban J connectivity index is 1.83. The maximum Gasteiger partial charge on any atom is 0.340 e. The summed E-state index contributed by atoms with van der Waals surface area (Å²) in [7, 11) is 0. The van der Waals surface area contributed by atoms with E-state index >= 15 is 0 Å². The molecule has 124 valence electrons. The van der Waals surface area contributed by atoms with Crippen LogP contribution in [0, 0.1) is 0 Å². The number of carbonyl (C=O) groups is 3. The molecular weight excluding hydrogens is 378 g/mol. The maximum atomic E-state index is 11.9. The van der Waals surface area contributed by atoms with Crippen LogP contribution in [-0.2, 0) is 9.53 Å². The second kappa shape index (κ2) is 8.11. The number of amides is 3. The molecule has 0 spiro atoms. The fraction of sp³-hybridized carbons (Fsp3) is 0.0625.